The van der Waals surface area contributed by atoms with Crippen LogP contribution in [0.3, 0.4) is 0 Å². The fourth-order valence-corrected chi connectivity index (χ4v) is 4.32. The topological polar surface area (TPSA) is 99.8 Å². The molecular formula is C20H25FN4O4S. The monoisotopic (exact) mass is 436 g/mol. The van der Waals surface area contributed by atoms with Gasteiger partial charge in [-0.3, -0.25) is 9.52 Å². The summed E-state index contributed by atoms with van der Waals surface area (Å²) in [5.41, 5.74) is 1.14. The lowest BCUT2D eigenvalue weighted by atomic mass is 10.1. The highest BCUT2D eigenvalue weighted by Crippen LogP contribution is 2.30. The van der Waals surface area contributed by atoms with Gasteiger partial charge in [0.1, 0.15) is 10.7 Å². The van der Waals surface area contributed by atoms with Gasteiger partial charge in [-0.1, -0.05) is 12.1 Å². The lowest BCUT2D eigenvalue weighted by Gasteiger charge is -2.31. The molecule has 2 aromatic carbocycles. The van der Waals surface area contributed by atoms with E-state index in [1.807, 2.05) is 4.90 Å². The normalized spacial score (nSPS) is 14.4. The first-order valence-corrected chi connectivity index (χ1v) is 11.0. The van der Waals surface area contributed by atoms with Crippen molar-refractivity contribution in [2.45, 2.75) is 4.90 Å². The maximum absolute atomic E-state index is 14.1. The smallest absolute Gasteiger partial charge is 0.264 e. The van der Waals surface area contributed by atoms with Crippen LogP contribution in [0.25, 0.3) is 0 Å². The summed E-state index contributed by atoms with van der Waals surface area (Å²) >= 11 is 0. The molecule has 162 valence electrons. The number of ether oxygens (including phenoxy) is 1. The van der Waals surface area contributed by atoms with Crippen molar-refractivity contribution in [3.8, 4) is 0 Å². The van der Waals surface area contributed by atoms with Crippen LogP contribution in [-0.2, 0) is 14.8 Å². The molecular weight excluding hydrogens is 411 g/mol. The molecule has 0 unspecified atom stereocenters. The van der Waals surface area contributed by atoms with Crippen LogP contribution in [-0.4, -0.2) is 60.8 Å². The van der Waals surface area contributed by atoms with Gasteiger partial charge in [0.25, 0.3) is 15.9 Å². The summed E-state index contributed by atoms with van der Waals surface area (Å²) in [6.07, 6.45) is 0. The summed E-state index contributed by atoms with van der Waals surface area (Å²) in [7, 11) is -2.66. The number of carbonyl (C=O) groups excluding carboxylic acids is 1. The van der Waals surface area contributed by atoms with Crippen LogP contribution in [0.1, 0.15) is 10.4 Å². The second-order valence-corrected chi connectivity index (χ2v) is 8.40. The summed E-state index contributed by atoms with van der Waals surface area (Å²) in [5.74, 6) is -1.20. The quantitative estimate of drug-likeness (QED) is 0.541. The second-order valence-electron chi connectivity index (χ2n) is 6.75. The molecule has 1 amide bonds. The maximum atomic E-state index is 14.1. The van der Waals surface area contributed by atoms with E-state index in [4.69, 9.17) is 4.74 Å². The van der Waals surface area contributed by atoms with E-state index >= 15 is 0 Å². The van der Waals surface area contributed by atoms with Gasteiger partial charge in [-0.25, -0.2) is 12.8 Å². The number of halogens is 1. The molecule has 30 heavy (non-hydrogen) atoms. The fourth-order valence-electron chi connectivity index (χ4n) is 3.17. The van der Waals surface area contributed by atoms with Crippen molar-refractivity contribution in [1.82, 2.24) is 10.6 Å². The van der Waals surface area contributed by atoms with Crippen LogP contribution in [0.5, 0.6) is 0 Å². The Bertz CT molecular complexity index is 994. The number of hydrogen-bond donors (Lipinski definition) is 3. The van der Waals surface area contributed by atoms with E-state index in [0.29, 0.717) is 31.9 Å². The molecule has 1 saturated heterocycles. The van der Waals surface area contributed by atoms with Gasteiger partial charge in [-0.05, 0) is 30.3 Å². The third-order valence-electron chi connectivity index (χ3n) is 4.68. The lowest BCUT2D eigenvalue weighted by Crippen LogP contribution is -2.43. The predicted octanol–water partition coefficient (Wildman–Crippen LogP) is 1.41. The maximum Gasteiger partial charge on any atom is 0.264 e. The number of methoxy groups -OCH3 is 1. The van der Waals surface area contributed by atoms with Crippen molar-refractivity contribution in [3.05, 3.63) is 53.8 Å². The van der Waals surface area contributed by atoms with Gasteiger partial charge in [0.15, 0.2) is 0 Å². The SMILES string of the molecule is COCCNC(=O)c1ccc(N2CCNCC2)c(NS(=O)(=O)c2ccccc2F)c1. The lowest BCUT2D eigenvalue weighted by molar-refractivity contribution is 0.0937. The second kappa shape index (κ2) is 9.88. The zero-order chi connectivity index (χ0) is 21.6. The van der Waals surface area contributed by atoms with E-state index in [1.165, 1.54) is 31.4 Å². The van der Waals surface area contributed by atoms with Crippen molar-refractivity contribution < 1.29 is 22.3 Å². The number of hydrogen-bond acceptors (Lipinski definition) is 6. The number of nitrogens with zero attached hydrogens (tertiary/aromatic N) is 1. The molecule has 0 bridgehead atoms. The van der Waals surface area contributed by atoms with Crippen LogP contribution in [0.4, 0.5) is 15.8 Å². The molecule has 1 aliphatic rings. The Kier molecular flexibility index (Phi) is 7.24. The summed E-state index contributed by atoms with van der Waals surface area (Å²) in [6, 6.07) is 9.98. The largest absolute Gasteiger partial charge is 0.383 e. The fraction of sp³-hybridized carbons (Fsp3) is 0.350. The van der Waals surface area contributed by atoms with E-state index in [1.54, 1.807) is 12.1 Å². The number of benzene rings is 2. The number of carbonyl (C=O) groups is 1. The minimum Gasteiger partial charge on any atom is -0.383 e. The number of amides is 1. The Hall–Kier alpha value is -2.69. The molecule has 3 rings (SSSR count). The Balaban J connectivity index is 1.95. The predicted molar refractivity (Wildman–Crippen MR) is 113 cm³/mol. The van der Waals surface area contributed by atoms with Gasteiger partial charge in [-0.2, -0.15) is 0 Å². The average Bonchev–Trinajstić information content (AvgIpc) is 2.74. The van der Waals surface area contributed by atoms with Crippen molar-refractivity contribution >= 4 is 27.3 Å². The molecule has 8 nitrogen and oxygen atoms in total. The first-order valence-electron chi connectivity index (χ1n) is 9.56. The van der Waals surface area contributed by atoms with Gasteiger partial charge in [0.2, 0.25) is 0 Å². The molecule has 1 aliphatic heterocycles. The van der Waals surface area contributed by atoms with Crippen molar-refractivity contribution in [2.75, 3.05) is 56.1 Å². The number of piperazine rings is 1. The molecule has 0 aliphatic carbocycles. The third-order valence-corrected chi connectivity index (χ3v) is 6.08. The molecule has 0 spiro atoms. The first kappa shape index (κ1) is 22.0. The highest BCUT2D eigenvalue weighted by Gasteiger charge is 2.23. The van der Waals surface area contributed by atoms with Gasteiger partial charge in [0, 0.05) is 45.4 Å². The summed E-state index contributed by atoms with van der Waals surface area (Å²) in [5, 5.41) is 5.94. The molecule has 1 heterocycles. The molecule has 1 fully saturated rings. The summed E-state index contributed by atoms with van der Waals surface area (Å²) < 4.78 is 47.2. The zero-order valence-electron chi connectivity index (χ0n) is 16.7. The highest BCUT2D eigenvalue weighted by atomic mass is 32.2. The Morgan fingerprint density at radius 3 is 2.63 bits per heavy atom. The number of nitrogens with one attached hydrogen (secondary N) is 3. The molecule has 0 aromatic heterocycles. The van der Waals surface area contributed by atoms with Crippen LogP contribution < -0.4 is 20.3 Å². The van der Waals surface area contributed by atoms with E-state index in [9.17, 15) is 17.6 Å². The molecule has 10 heteroatoms. The average molecular weight is 437 g/mol. The van der Waals surface area contributed by atoms with Crippen molar-refractivity contribution in [1.29, 1.82) is 0 Å². The van der Waals surface area contributed by atoms with Crippen LogP contribution in [0.15, 0.2) is 47.4 Å². The highest BCUT2D eigenvalue weighted by molar-refractivity contribution is 7.92. The molecule has 0 radical (unpaired) electrons. The van der Waals surface area contributed by atoms with Crippen LogP contribution in [0.2, 0.25) is 0 Å². The number of rotatable bonds is 8. The van der Waals surface area contributed by atoms with Crippen molar-refractivity contribution in [2.24, 2.45) is 0 Å². The Labute approximate surface area is 175 Å². The van der Waals surface area contributed by atoms with Gasteiger partial charge < -0.3 is 20.3 Å². The van der Waals surface area contributed by atoms with E-state index < -0.39 is 20.7 Å². The third kappa shape index (κ3) is 5.26. The van der Waals surface area contributed by atoms with Crippen LogP contribution >= 0.6 is 0 Å². The Morgan fingerprint density at radius 2 is 1.93 bits per heavy atom. The number of sulfonamides is 1. The molecule has 0 saturated carbocycles. The minimum absolute atomic E-state index is 0.222. The van der Waals surface area contributed by atoms with Crippen LogP contribution in [0, 0.1) is 5.82 Å². The van der Waals surface area contributed by atoms with E-state index in [2.05, 4.69) is 15.4 Å². The molecule has 0 atom stereocenters. The Morgan fingerprint density at radius 1 is 1.20 bits per heavy atom. The van der Waals surface area contributed by atoms with E-state index in [0.717, 1.165) is 19.2 Å². The van der Waals surface area contributed by atoms with Gasteiger partial charge >= 0.3 is 0 Å². The molecule has 3 N–H and O–H groups in total. The number of anilines is 2. The van der Waals surface area contributed by atoms with Crippen molar-refractivity contribution in [3.63, 3.8) is 0 Å². The summed E-state index contributed by atoms with van der Waals surface area (Å²) in [6.45, 7) is 3.53. The minimum atomic E-state index is -4.19. The molecule has 2 aromatic rings. The van der Waals surface area contributed by atoms with Gasteiger partial charge in [0.05, 0.1) is 18.0 Å². The standard InChI is InChI=1S/C20H25FN4O4S/c1-29-13-10-23-20(26)15-6-7-18(25-11-8-22-9-12-25)17(14-15)24-30(27,28)19-5-3-2-4-16(19)21/h2-7,14,22,24H,8-13H2,1H3,(H,23,26). The zero-order valence-corrected chi connectivity index (χ0v) is 17.5. The van der Waals surface area contributed by atoms with Gasteiger partial charge in [-0.15, -0.1) is 0 Å². The van der Waals surface area contributed by atoms with E-state index in [-0.39, 0.29) is 17.2 Å². The summed E-state index contributed by atoms with van der Waals surface area (Å²) in [4.78, 5) is 14.0. The first-order chi connectivity index (χ1) is 14.4.